The van der Waals surface area contributed by atoms with E-state index in [4.69, 9.17) is 4.74 Å². The molecule has 1 aromatic heterocycles. The quantitative estimate of drug-likeness (QED) is 0.788. The van der Waals surface area contributed by atoms with E-state index >= 15 is 0 Å². The molecular weight excluding hydrogens is 366 g/mol. The van der Waals surface area contributed by atoms with Crippen molar-refractivity contribution in [2.45, 2.75) is 70.6 Å². The van der Waals surface area contributed by atoms with Crippen molar-refractivity contribution in [1.29, 1.82) is 0 Å². The minimum Gasteiger partial charge on any atom is -0.378 e. The maximum absolute atomic E-state index is 13.1. The van der Waals surface area contributed by atoms with Crippen molar-refractivity contribution >= 4 is 11.9 Å². The molecule has 0 aromatic carbocycles. The Bertz CT molecular complexity index is 671. The van der Waals surface area contributed by atoms with Gasteiger partial charge in [0.1, 0.15) is 0 Å². The lowest BCUT2D eigenvalue weighted by Crippen LogP contribution is -2.67. The molecule has 2 heterocycles. The van der Waals surface area contributed by atoms with Gasteiger partial charge in [-0.25, -0.2) is 9.97 Å². The van der Waals surface area contributed by atoms with Gasteiger partial charge >= 0.3 is 0 Å². The highest BCUT2D eigenvalue weighted by Crippen LogP contribution is 2.53. The van der Waals surface area contributed by atoms with Crippen LogP contribution in [0.4, 0.5) is 5.95 Å². The molecule has 0 bridgehead atoms. The summed E-state index contributed by atoms with van der Waals surface area (Å²) < 4.78 is 6.06. The highest BCUT2D eigenvalue weighted by Gasteiger charge is 2.56. The molecule has 3 atom stereocenters. The van der Waals surface area contributed by atoms with Gasteiger partial charge in [-0.3, -0.25) is 4.79 Å². The Morgan fingerprint density at radius 1 is 1.21 bits per heavy atom. The Labute approximate surface area is 174 Å². The van der Waals surface area contributed by atoms with Gasteiger partial charge in [-0.1, -0.05) is 19.3 Å². The van der Waals surface area contributed by atoms with E-state index in [0.29, 0.717) is 12.1 Å². The fourth-order valence-corrected chi connectivity index (χ4v) is 5.53. The second-order valence-corrected chi connectivity index (χ2v) is 8.78. The number of nitrogens with zero attached hydrogens (tertiary/aromatic N) is 4. The van der Waals surface area contributed by atoms with Gasteiger partial charge in [0.25, 0.3) is 0 Å². The summed E-state index contributed by atoms with van der Waals surface area (Å²) in [5, 5.41) is 3.70. The molecule has 7 heteroatoms. The first-order valence-corrected chi connectivity index (χ1v) is 11.3. The largest absolute Gasteiger partial charge is 0.378 e. The van der Waals surface area contributed by atoms with E-state index in [9.17, 15) is 4.79 Å². The van der Waals surface area contributed by atoms with Crippen molar-refractivity contribution in [3.8, 4) is 0 Å². The van der Waals surface area contributed by atoms with E-state index in [-0.39, 0.29) is 17.4 Å². The summed E-state index contributed by atoms with van der Waals surface area (Å²) in [6, 6.07) is 2.07. The zero-order valence-corrected chi connectivity index (χ0v) is 17.8. The molecule has 1 aliphatic heterocycles. The molecule has 2 saturated carbocycles. The lowest BCUT2D eigenvalue weighted by Gasteiger charge is -2.58. The monoisotopic (exact) mass is 401 g/mol. The van der Waals surface area contributed by atoms with Gasteiger partial charge in [-0.05, 0) is 39.2 Å². The van der Waals surface area contributed by atoms with Crippen LogP contribution >= 0.6 is 0 Å². The van der Waals surface area contributed by atoms with Crippen LogP contribution in [0.25, 0.3) is 0 Å². The predicted molar refractivity (Wildman–Crippen MR) is 113 cm³/mol. The van der Waals surface area contributed by atoms with Crippen molar-refractivity contribution in [3.05, 3.63) is 18.5 Å². The summed E-state index contributed by atoms with van der Waals surface area (Å²) in [5.41, 5.74) is 0.242. The molecule has 4 rings (SSSR count). The Morgan fingerprint density at radius 2 is 1.90 bits per heavy atom. The Kier molecular flexibility index (Phi) is 6.35. The zero-order valence-electron chi connectivity index (χ0n) is 17.8. The highest BCUT2D eigenvalue weighted by atomic mass is 16.5. The fraction of sp³-hybridized carbons (Fsp3) is 0.773. The number of amides is 1. The molecule has 3 aliphatic rings. The van der Waals surface area contributed by atoms with E-state index in [1.165, 1.54) is 32.1 Å². The number of carbonyl (C=O) groups is 1. The molecule has 29 heavy (non-hydrogen) atoms. The average Bonchev–Trinajstić information content (AvgIpc) is 2.79. The van der Waals surface area contributed by atoms with E-state index in [2.05, 4.69) is 27.1 Å². The highest BCUT2D eigenvalue weighted by molar-refractivity contribution is 5.81. The van der Waals surface area contributed by atoms with Gasteiger partial charge in [-0.15, -0.1) is 0 Å². The number of anilines is 1. The van der Waals surface area contributed by atoms with Gasteiger partial charge in [0.15, 0.2) is 0 Å². The van der Waals surface area contributed by atoms with Gasteiger partial charge < -0.3 is 19.9 Å². The third-order valence-electron chi connectivity index (χ3n) is 7.19. The summed E-state index contributed by atoms with van der Waals surface area (Å²) in [7, 11) is 0. The summed E-state index contributed by atoms with van der Waals surface area (Å²) in [4.78, 5) is 25.9. The second-order valence-electron chi connectivity index (χ2n) is 8.78. The number of ether oxygens (including phenoxy) is 1. The molecule has 3 fully saturated rings. The normalized spacial score (nSPS) is 27.5. The van der Waals surface area contributed by atoms with E-state index in [1.54, 1.807) is 12.4 Å². The summed E-state index contributed by atoms with van der Waals surface area (Å²) in [6.45, 7) is 7.90. The van der Waals surface area contributed by atoms with E-state index < -0.39 is 0 Å². The van der Waals surface area contributed by atoms with Crippen molar-refractivity contribution in [2.75, 3.05) is 37.7 Å². The van der Waals surface area contributed by atoms with Crippen LogP contribution in [0, 0.1) is 5.41 Å². The molecule has 1 amide bonds. The molecule has 7 nitrogen and oxygen atoms in total. The fourth-order valence-electron chi connectivity index (χ4n) is 5.53. The third kappa shape index (κ3) is 4.12. The summed E-state index contributed by atoms with van der Waals surface area (Å²) >= 11 is 0. The minimum atomic E-state index is -0.152. The van der Waals surface area contributed by atoms with Gasteiger partial charge in [0.05, 0.1) is 12.1 Å². The predicted octanol–water partition coefficient (Wildman–Crippen LogP) is 2.23. The lowest BCUT2D eigenvalue weighted by atomic mass is 9.55. The number of carbonyl (C=O) groups excluding carboxylic acids is 1. The average molecular weight is 402 g/mol. The topological polar surface area (TPSA) is 70.6 Å². The van der Waals surface area contributed by atoms with E-state index in [1.807, 2.05) is 17.9 Å². The van der Waals surface area contributed by atoms with Crippen LogP contribution in [0.5, 0.6) is 0 Å². The van der Waals surface area contributed by atoms with Gasteiger partial charge in [0, 0.05) is 56.6 Å². The van der Waals surface area contributed by atoms with Crippen LogP contribution in [-0.2, 0) is 9.53 Å². The van der Waals surface area contributed by atoms with Crippen LogP contribution in [0.1, 0.15) is 52.4 Å². The zero-order chi connectivity index (χ0) is 20.3. The third-order valence-corrected chi connectivity index (χ3v) is 7.19. The van der Waals surface area contributed by atoms with Gasteiger partial charge in [-0.2, -0.15) is 0 Å². The van der Waals surface area contributed by atoms with Crippen LogP contribution in [0.2, 0.25) is 0 Å². The number of piperazine rings is 1. The summed E-state index contributed by atoms with van der Waals surface area (Å²) in [6.07, 6.45) is 11.3. The van der Waals surface area contributed by atoms with Crippen LogP contribution in [-0.4, -0.2) is 71.7 Å². The van der Waals surface area contributed by atoms with Crippen molar-refractivity contribution in [1.82, 2.24) is 20.2 Å². The van der Waals surface area contributed by atoms with Gasteiger partial charge in [0.2, 0.25) is 11.9 Å². The van der Waals surface area contributed by atoms with Crippen molar-refractivity contribution in [3.63, 3.8) is 0 Å². The Balaban J connectivity index is 1.31. The number of aromatic nitrogens is 2. The summed E-state index contributed by atoms with van der Waals surface area (Å²) in [5.74, 6) is 0.964. The lowest BCUT2D eigenvalue weighted by molar-refractivity contribution is -0.156. The van der Waals surface area contributed by atoms with Crippen LogP contribution in [0.15, 0.2) is 18.5 Å². The molecule has 1 spiro atoms. The number of rotatable bonds is 6. The van der Waals surface area contributed by atoms with Crippen LogP contribution < -0.4 is 10.2 Å². The molecule has 0 unspecified atom stereocenters. The maximum Gasteiger partial charge on any atom is 0.239 e. The molecule has 160 valence electrons. The van der Waals surface area contributed by atoms with Crippen molar-refractivity contribution in [2.24, 2.45) is 5.41 Å². The van der Waals surface area contributed by atoms with E-state index in [0.717, 1.165) is 45.2 Å². The SMILES string of the molecule is CCO[C@@H]1C[C@@H](N[C@H](C)C(=O)N2CCN(c3ncccn3)CC2)C12CCCCC2. The molecule has 1 N–H and O–H groups in total. The number of nitrogens with one attached hydrogen (secondary N) is 1. The minimum absolute atomic E-state index is 0.152. The van der Waals surface area contributed by atoms with Crippen LogP contribution in [0.3, 0.4) is 0 Å². The number of hydrogen-bond acceptors (Lipinski definition) is 6. The maximum atomic E-state index is 13.1. The second kappa shape index (κ2) is 8.96. The molecular formula is C22H35N5O2. The number of hydrogen-bond donors (Lipinski definition) is 1. The first kappa shape index (κ1) is 20.5. The molecule has 1 saturated heterocycles. The first-order valence-electron chi connectivity index (χ1n) is 11.3. The molecule has 1 aromatic rings. The Morgan fingerprint density at radius 3 is 2.55 bits per heavy atom. The molecule has 0 radical (unpaired) electrons. The molecule has 2 aliphatic carbocycles. The Hall–Kier alpha value is -1.73. The first-order chi connectivity index (χ1) is 14.1. The smallest absolute Gasteiger partial charge is 0.239 e. The standard InChI is InChI=1S/C22H35N5O2/c1-3-29-19-16-18(22(19)8-5-4-6-9-22)25-17(2)20(28)26-12-14-27(15-13-26)21-23-10-7-11-24-21/h7,10-11,17-19,25H,3-6,8-9,12-16H2,1-2H3/t17-,18-,19-/m1/s1. The van der Waals surface area contributed by atoms with Crippen molar-refractivity contribution < 1.29 is 9.53 Å².